The minimum Gasteiger partial charge on any atom is -0.478 e. The highest BCUT2D eigenvalue weighted by atomic mass is 16.4. The highest BCUT2D eigenvalue weighted by molar-refractivity contribution is 5.93. The van der Waals surface area contributed by atoms with Crippen LogP contribution >= 0.6 is 0 Å². The van der Waals surface area contributed by atoms with E-state index < -0.39 is 5.97 Å². The fourth-order valence-corrected chi connectivity index (χ4v) is 3.32. The van der Waals surface area contributed by atoms with Crippen molar-refractivity contribution in [2.75, 3.05) is 0 Å². The predicted octanol–water partition coefficient (Wildman–Crippen LogP) is 1.70. The molecular weight excluding hydrogens is 244 g/mol. The molecule has 5 nitrogen and oxygen atoms in total. The van der Waals surface area contributed by atoms with E-state index in [4.69, 9.17) is 5.11 Å². The van der Waals surface area contributed by atoms with E-state index in [0.29, 0.717) is 5.92 Å². The Bertz CT molecular complexity index is 512. The number of nitrogens with zero attached hydrogens (tertiary/aromatic N) is 1. The molecule has 1 heterocycles. The monoisotopic (exact) mass is 260 g/mol. The Kier molecular flexibility index (Phi) is 2.97. The molecule has 2 N–H and O–H groups in total. The lowest BCUT2D eigenvalue weighted by molar-refractivity contribution is 0.0695. The summed E-state index contributed by atoms with van der Waals surface area (Å²) < 4.78 is 0. The molecule has 19 heavy (non-hydrogen) atoms. The van der Waals surface area contributed by atoms with Crippen LogP contribution in [0.2, 0.25) is 0 Å². The zero-order valence-electron chi connectivity index (χ0n) is 10.5. The number of amides is 1. The standard InChI is InChI=1S/C14H16N2O3/c17-13(11-4-3-10(7-15-11)14(18)19)16-12-6-8-1-2-9(12)5-8/h3-4,7-9,12H,1-2,5-6H2,(H,16,17)(H,18,19). The van der Waals surface area contributed by atoms with Crippen molar-refractivity contribution in [3.05, 3.63) is 29.6 Å². The summed E-state index contributed by atoms with van der Waals surface area (Å²) in [6.45, 7) is 0. The maximum atomic E-state index is 12.0. The average molecular weight is 260 g/mol. The molecule has 3 atom stereocenters. The van der Waals surface area contributed by atoms with Crippen molar-refractivity contribution in [2.45, 2.75) is 31.7 Å². The summed E-state index contributed by atoms with van der Waals surface area (Å²) >= 11 is 0. The molecule has 0 aliphatic heterocycles. The summed E-state index contributed by atoms with van der Waals surface area (Å²) in [4.78, 5) is 26.7. The van der Waals surface area contributed by atoms with E-state index >= 15 is 0 Å². The van der Waals surface area contributed by atoms with E-state index in [1.807, 2.05) is 0 Å². The van der Waals surface area contributed by atoms with Crippen LogP contribution < -0.4 is 5.32 Å². The van der Waals surface area contributed by atoms with Crippen LogP contribution in [0, 0.1) is 11.8 Å². The van der Waals surface area contributed by atoms with Crippen molar-refractivity contribution in [1.82, 2.24) is 10.3 Å². The third-order valence-corrected chi connectivity index (χ3v) is 4.30. The second-order valence-electron chi connectivity index (χ2n) is 5.49. The van der Waals surface area contributed by atoms with Crippen molar-refractivity contribution >= 4 is 11.9 Å². The molecule has 5 heteroatoms. The molecule has 0 radical (unpaired) electrons. The van der Waals surface area contributed by atoms with Crippen LogP contribution in [0.5, 0.6) is 0 Å². The molecule has 1 amide bonds. The topological polar surface area (TPSA) is 79.3 Å². The van der Waals surface area contributed by atoms with Crippen LogP contribution in [0.1, 0.15) is 46.5 Å². The second kappa shape index (κ2) is 4.64. The first-order valence-corrected chi connectivity index (χ1v) is 6.63. The number of hydrogen-bond donors (Lipinski definition) is 2. The van der Waals surface area contributed by atoms with E-state index in [1.165, 1.54) is 37.6 Å². The number of carbonyl (C=O) groups excluding carboxylic acids is 1. The number of aromatic nitrogens is 1. The van der Waals surface area contributed by atoms with Gasteiger partial charge in [0.25, 0.3) is 5.91 Å². The Hall–Kier alpha value is -1.91. The van der Waals surface area contributed by atoms with Crippen LogP contribution in [-0.2, 0) is 0 Å². The Morgan fingerprint density at radius 1 is 1.26 bits per heavy atom. The van der Waals surface area contributed by atoms with Gasteiger partial charge in [-0.3, -0.25) is 9.78 Å². The van der Waals surface area contributed by atoms with Gasteiger partial charge in [-0.25, -0.2) is 4.79 Å². The van der Waals surface area contributed by atoms with Crippen LogP contribution in [-0.4, -0.2) is 28.0 Å². The fraction of sp³-hybridized carbons (Fsp3) is 0.500. The van der Waals surface area contributed by atoms with Gasteiger partial charge in [-0.05, 0) is 43.2 Å². The van der Waals surface area contributed by atoms with E-state index in [0.717, 1.165) is 12.3 Å². The quantitative estimate of drug-likeness (QED) is 0.867. The lowest BCUT2D eigenvalue weighted by Gasteiger charge is -2.22. The van der Waals surface area contributed by atoms with Crippen molar-refractivity contribution in [2.24, 2.45) is 11.8 Å². The third kappa shape index (κ3) is 2.32. The minimum atomic E-state index is -1.03. The van der Waals surface area contributed by atoms with Crippen LogP contribution in [0.15, 0.2) is 18.3 Å². The maximum absolute atomic E-state index is 12.0. The molecular formula is C14H16N2O3. The third-order valence-electron chi connectivity index (χ3n) is 4.30. The highest BCUT2D eigenvalue weighted by Crippen LogP contribution is 2.44. The van der Waals surface area contributed by atoms with Gasteiger partial charge in [-0.15, -0.1) is 0 Å². The molecule has 0 aromatic carbocycles. The van der Waals surface area contributed by atoms with Gasteiger partial charge in [0.2, 0.25) is 0 Å². The minimum absolute atomic E-state index is 0.0940. The lowest BCUT2D eigenvalue weighted by atomic mass is 9.95. The van der Waals surface area contributed by atoms with Crippen molar-refractivity contribution in [3.63, 3.8) is 0 Å². The van der Waals surface area contributed by atoms with Gasteiger partial charge in [-0.2, -0.15) is 0 Å². The summed E-state index contributed by atoms with van der Waals surface area (Å²) in [5, 5.41) is 11.8. The second-order valence-corrected chi connectivity index (χ2v) is 5.49. The Balaban J connectivity index is 1.65. The molecule has 0 spiro atoms. The number of fused-ring (bicyclic) bond motifs is 2. The van der Waals surface area contributed by atoms with Gasteiger partial charge in [-0.1, -0.05) is 6.42 Å². The van der Waals surface area contributed by atoms with Crippen LogP contribution in [0.3, 0.4) is 0 Å². The number of hydrogen-bond acceptors (Lipinski definition) is 3. The van der Waals surface area contributed by atoms with E-state index in [-0.39, 0.29) is 23.2 Å². The number of carboxylic acid groups (broad SMARTS) is 1. The Labute approximate surface area is 111 Å². The molecule has 1 aromatic rings. The van der Waals surface area contributed by atoms with E-state index in [2.05, 4.69) is 10.3 Å². The van der Waals surface area contributed by atoms with Gasteiger partial charge in [0.15, 0.2) is 0 Å². The fourth-order valence-electron chi connectivity index (χ4n) is 3.32. The Morgan fingerprint density at radius 3 is 2.63 bits per heavy atom. The van der Waals surface area contributed by atoms with Gasteiger partial charge in [0.05, 0.1) is 5.56 Å². The first kappa shape index (κ1) is 12.1. The highest BCUT2D eigenvalue weighted by Gasteiger charge is 2.40. The SMILES string of the molecule is O=C(O)c1ccc(C(=O)NC2CC3CCC2C3)nc1. The van der Waals surface area contributed by atoms with Gasteiger partial charge in [0, 0.05) is 12.2 Å². The largest absolute Gasteiger partial charge is 0.478 e. The number of pyridine rings is 1. The summed E-state index contributed by atoms with van der Waals surface area (Å²) in [6.07, 6.45) is 6.03. The first-order chi connectivity index (χ1) is 9.13. The smallest absolute Gasteiger partial charge is 0.337 e. The molecule has 2 saturated carbocycles. The molecule has 3 unspecified atom stereocenters. The van der Waals surface area contributed by atoms with Gasteiger partial charge in [0.1, 0.15) is 5.69 Å². The first-order valence-electron chi connectivity index (χ1n) is 6.63. The molecule has 2 aliphatic carbocycles. The van der Waals surface area contributed by atoms with Crippen molar-refractivity contribution in [1.29, 1.82) is 0 Å². The van der Waals surface area contributed by atoms with E-state index in [1.54, 1.807) is 0 Å². The summed E-state index contributed by atoms with van der Waals surface area (Å²) in [7, 11) is 0. The number of rotatable bonds is 3. The molecule has 0 saturated heterocycles. The lowest BCUT2D eigenvalue weighted by Crippen LogP contribution is -2.38. The molecule has 100 valence electrons. The van der Waals surface area contributed by atoms with E-state index in [9.17, 15) is 9.59 Å². The zero-order chi connectivity index (χ0) is 13.4. The number of aromatic carboxylic acids is 1. The number of carbonyl (C=O) groups is 2. The molecule has 2 fully saturated rings. The molecule has 1 aromatic heterocycles. The van der Waals surface area contributed by atoms with Crippen LogP contribution in [0.25, 0.3) is 0 Å². The van der Waals surface area contributed by atoms with Gasteiger partial charge >= 0.3 is 5.97 Å². The van der Waals surface area contributed by atoms with Crippen molar-refractivity contribution < 1.29 is 14.7 Å². The predicted molar refractivity (Wildman–Crippen MR) is 67.9 cm³/mol. The summed E-state index contributed by atoms with van der Waals surface area (Å²) in [5.74, 6) is 0.159. The molecule has 3 rings (SSSR count). The maximum Gasteiger partial charge on any atom is 0.337 e. The van der Waals surface area contributed by atoms with Crippen LogP contribution in [0.4, 0.5) is 0 Å². The molecule has 2 bridgehead atoms. The average Bonchev–Trinajstić information content (AvgIpc) is 3.01. The summed E-state index contributed by atoms with van der Waals surface area (Å²) in [6, 6.07) is 3.14. The van der Waals surface area contributed by atoms with Crippen molar-refractivity contribution in [3.8, 4) is 0 Å². The van der Waals surface area contributed by atoms with Gasteiger partial charge < -0.3 is 10.4 Å². The Morgan fingerprint density at radius 2 is 2.11 bits per heavy atom. The number of nitrogens with one attached hydrogen (secondary N) is 1. The molecule has 2 aliphatic rings. The summed E-state index contributed by atoms with van der Waals surface area (Å²) in [5.41, 5.74) is 0.379. The zero-order valence-corrected chi connectivity index (χ0v) is 10.5. The normalized spacial score (nSPS) is 28.3. The number of carboxylic acids is 1.